The number of ether oxygens (including phenoxy) is 2. The predicted molar refractivity (Wildman–Crippen MR) is 66.3 cm³/mol. The van der Waals surface area contributed by atoms with Crippen LogP contribution < -0.4 is 4.74 Å². The molecule has 5 heteroatoms. The van der Waals surface area contributed by atoms with Gasteiger partial charge in [-0.1, -0.05) is 18.2 Å². The molecule has 1 heterocycles. The van der Waals surface area contributed by atoms with E-state index in [1.54, 1.807) is 0 Å². The number of hydrogen-bond acceptors (Lipinski definition) is 4. The first-order valence-corrected chi connectivity index (χ1v) is 6.08. The Labute approximate surface area is 106 Å². The molecule has 2 rings (SSSR count). The topological polar surface area (TPSA) is 61.6 Å². The fraction of sp³-hybridized carbons (Fsp3) is 0.538. The van der Waals surface area contributed by atoms with Crippen LogP contribution in [0.25, 0.3) is 0 Å². The maximum absolute atomic E-state index is 10.8. The molecule has 0 saturated heterocycles. The molecular weight excluding hydrogens is 234 g/mol. The molecule has 0 N–H and O–H groups in total. The summed E-state index contributed by atoms with van der Waals surface area (Å²) in [7, 11) is 0. The van der Waals surface area contributed by atoms with Crippen molar-refractivity contribution in [3.8, 4) is 5.75 Å². The Hall–Kier alpha value is -1.62. The summed E-state index contributed by atoms with van der Waals surface area (Å²) in [5.41, 5.74) is 0.895. The molecule has 0 bridgehead atoms. The van der Waals surface area contributed by atoms with E-state index >= 15 is 0 Å². The summed E-state index contributed by atoms with van der Waals surface area (Å²) in [6, 6.07) is 7.45. The Morgan fingerprint density at radius 1 is 1.56 bits per heavy atom. The predicted octanol–water partition coefficient (Wildman–Crippen LogP) is 2.58. The van der Waals surface area contributed by atoms with Gasteiger partial charge in [-0.15, -0.1) is 0 Å². The highest BCUT2D eigenvalue weighted by molar-refractivity contribution is 5.38. The van der Waals surface area contributed by atoms with Crippen LogP contribution in [0.3, 0.4) is 0 Å². The molecule has 0 radical (unpaired) electrons. The first kappa shape index (κ1) is 12.8. The van der Waals surface area contributed by atoms with E-state index < -0.39 is 5.79 Å². The zero-order valence-electron chi connectivity index (χ0n) is 10.6. The van der Waals surface area contributed by atoms with Crippen LogP contribution in [0, 0.1) is 10.1 Å². The second kappa shape index (κ2) is 4.94. The molecule has 0 aromatic heterocycles. The molecule has 0 fully saturated rings. The molecule has 1 aromatic carbocycles. The number of rotatable bonds is 4. The second-order valence-corrected chi connectivity index (χ2v) is 4.62. The molecule has 98 valence electrons. The lowest BCUT2D eigenvalue weighted by Crippen LogP contribution is -2.42. The molecule has 0 saturated carbocycles. The SMILES string of the molecule is CCO[C@@]1(C)C[C@H](C[N+](=O)[O-])c2ccccc2O1. The fourth-order valence-corrected chi connectivity index (χ4v) is 2.48. The highest BCUT2D eigenvalue weighted by atomic mass is 16.7. The zero-order chi connectivity index (χ0) is 13.2. The van der Waals surface area contributed by atoms with Crippen LogP contribution in [0.5, 0.6) is 5.75 Å². The third-order valence-electron chi connectivity index (χ3n) is 3.12. The number of benzene rings is 1. The number of nitrogens with zero attached hydrogens (tertiary/aromatic N) is 1. The van der Waals surface area contributed by atoms with Crippen molar-refractivity contribution >= 4 is 0 Å². The van der Waals surface area contributed by atoms with Crippen LogP contribution in [0.1, 0.15) is 31.7 Å². The van der Waals surface area contributed by atoms with Gasteiger partial charge >= 0.3 is 0 Å². The number of hydrogen-bond donors (Lipinski definition) is 0. The van der Waals surface area contributed by atoms with Gasteiger partial charge in [0.25, 0.3) is 0 Å². The van der Waals surface area contributed by atoms with Crippen molar-refractivity contribution in [2.45, 2.75) is 32.0 Å². The van der Waals surface area contributed by atoms with Crippen LogP contribution in [-0.2, 0) is 4.74 Å². The van der Waals surface area contributed by atoms with Gasteiger partial charge in [-0.25, -0.2) is 0 Å². The summed E-state index contributed by atoms with van der Waals surface area (Å²) < 4.78 is 11.4. The van der Waals surface area contributed by atoms with Gasteiger partial charge in [-0.05, 0) is 13.0 Å². The summed E-state index contributed by atoms with van der Waals surface area (Å²) >= 11 is 0. The summed E-state index contributed by atoms with van der Waals surface area (Å²) in [5.74, 6) is -0.253. The van der Waals surface area contributed by atoms with Crippen molar-refractivity contribution in [1.82, 2.24) is 0 Å². The van der Waals surface area contributed by atoms with Crippen LogP contribution in [0.4, 0.5) is 0 Å². The third-order valence-corrected chi connectivity index (χ3v) is 3.12. The van der Waals surface area contributed by atoms with Crippen LogP contribution in [0.2, 0.25) is 0 Å². The molecule has 0 aliphatic carbocycles. The lowest BCUT2D eigenvalue weighted by atomic mass is 9.88. The molecule has 0 spiro atoms. The lowest BCUT2D eigenvalue weighted by Gasteiger charge is -2.38. The smallest absolute Gasteiger partial charge is 0.211 e. The van der Waals surface area contributed by atoms with Crippen LogP contribution >= 0.6 is 0 Å². The largest absolute Gasteiger partial charge is 0.462 e. The van der Waals surface area contributed by atoms with Crippen molar-refractivity contribution < 1.29 is 14.4 Å². The average Bonchev–Trinajstić information content (AvgIpc) is 2.27. The minimum Gasteiger partial charge on any atom is -0.462 e. The van der Waals surface area contributed by atoms with Crippen LogP contribution in [0.15, 0.2) is 24.3 Å². The molecule has 5 nitrogen and oxygen atoms in total. The second-order valence-electron chi connectivity index (χ2n) is 4.62. The van der Waals surface area contributed by atoms with E-state index in [0.29, 0.717) is 18.8 Å². The molecule has 1 aliphatic rings. The van der Waals surface area contributed by atoms with Crippen LogP contribution in [-0.4, -0.2) is 23.9 Å². The normalized spacial score (nSPS) is 26.2. The Balaban J connectivity index is 2.31. The van der Waals surface area contributed by atoms with Gasteiger partial charge < -0.3 is 9.47 Å². The van der Waals surface area contributed by atoms with Gasteiger partial charge in [0.15, 0.2) is 0 Å². The molecule has 1 aliphatic heterocycles. The minimum atomic E-state index is -0.774. The fourth-order valence-electron chi connectivity index (χ4n) is 2.48. The molecule has 2 atom stereocenters. The van der Waals surface area contributed by atoms with E-state index in [0.717, 1.165) is 5.56 Å². The summed E-state index contributed by atoms with van der Waals surface area (Å²) in [4.78, 5) is 10.5. The van der Waals surface area contributed by atoms with Crippen molar-refractivity contribution in [3.05, 3.63) is 39.9 Å². The minimum absolute atomic E-state index is 0.0942. The number of fused-ring (bicyclic) bond motifs is 1. The summed E-state index contributed by atoms with van der Waals surface area (Å²) in [6.07, 6.45) is 0.499. The Bertz CT molecular complexity index is 448. The first-order valence-electron chi connectivity index (χ1n) is 6.08. The lowest BCUT2D eigenvalue weighted by molar-refractivity contribution is -0.485. The van der Waals surface area contributed by atoms with Gasteiger partial charge in [-0.3, -0.25) is 10.1 Å². The van der Waals surface area contributed by atoms with E-state index in [1.165, 1.54) is 0 Å². The Morgan fingerprint density at radius 2 is 2.28 bits per heavy atom. The molecule has 0 amide bonds. The van der Waals surface area contributed by atoms with E-state index in [-0.39, 0.29) is 17.4 Å². The Morgan fingerprint density at radius 3 is 2.94 bits per heavy atom. The van der Waals surface area contributed by atoms with Crippen molar-refractivity contribution in [2.24, 2.45) is 0 Å². The van der Waals surface area contributed by atoms with Crippen molar-refractivity contribution in [2.75, 3.05) is 13.2 Å². The Kier molecular flexibility index (Phi) is 3.52. The van der Waals surface area contributed by atoms with Gasteiger partial charge in [0, 0.05) is 30.4 Å². The zero-order valence-corrected chi connectivity index (χ0v) is 10.6. The number of para-hydroxylation sites is 1. The van der Waals surface area contributed by atoms with Crippen molar-refractivity contribution in [3.63, 3.8) is 0 Å². The van der Waals surface area contributed by atoms with Gasteiger partial charge in [0.2, 0.25) is 12.3 Å². The van der Waals surface area contributed by atoms with Crippen molar-refractivity contribution in [1.29, 1.82) is 0 Å². The van der Waals surface area contributed by atoms with E-state index in [2.05, 4.69) is 0 Å². The quantitative estimate of drug-likeness (QED) is 0.609. The van der Waals surface area contributed by atoms with E-state index in [1.807, 2.05) is 38.1 Å². The summed E-state index contributed by atoms with van der Waals surface area (Å²) in [6.45, 7) is 4.14. The highest BCUT2D eigenvalue weighted by Gasteiger charge is 2.39. The monoisotopic (exact) mass is 251 g/mol. The summed E-state index contributed by atoms with van der Waals surface area (Å²) in [5, 5.41) is 10.8. The maximum Gasteiger partial charge on any atom is 0.211 e. The standard InChI is InChI=1S/C13H17NO4/c1-3-17-13(2)8-10(9-14(15)16)11-6-4-5-7-12(11)18-13/h4-7,10H,3,8-9H2,1-2H3/t10-,13-/m1/s1. The third kappa shape index (κ3) is 2.61. The van der Waals surface area contributed by atoms with Gasteiger partial charge in [0.05, 0.1) is 5.92 Å². The molecular formula is C13H17NO4. The first-order chi connectivity index (χ1) is 8.54. The molecule has 0 unspecified atom stereocenters. The molecule has 1 aromatic rings. The average molecular weight is 251 g/mol. The van der Waals surface area contributed by atoms with E-state index in [4.69, 9.17) is 9.47 Å². The maximum atomic E-state index is 10.8. The van der Waals surface area contributed by atoms with Gasteiger partial charge in [-0.2, -0.15) is 0 Å². The molecule has 18 heavy (non-hydrogen) atoms. The van der Waals surface area contributed by atoms with E-state index in [9.17, 15) is 10.1 Å². The number of nitro groups is 1. The highest BCUT2D eigenvalue weighted by Crippen LogP contribution is 2.41. The van der Waals surface area contributed by atoms with Gasteiger partial charge in [0.1, 0.15) is 5.75 Å².